The number of amides is 2. The maximum absolute atomic E-state index is 13.1. The molecule has 1 aromatic carbocycles. The second-order valence-electron chi connectivity index (χ2n) is 6.59. The summed E-state index contributed by atoms with van der Waals surface area (Å²) in [6.45, 7) is 4.51. The summed E-state index contributed by atoms with van der Waals surface area (Å²) < 4.78 is 18.4. The maximum Gasteiger partial charge on any atom is 0.281 e. The number of aryl methyl sites for hydroxylation is 1. The molecule has 0 spiro atoms. The van der Waals surface area contributed by atoms with Crippen LogP contribution in [0.5, 0.6) is 0 Å². The number of aromatic nitrogens is 1. The number of nitrogens with zero attached hydrogens (tertiary/aromatic N) is 2. The van der Waals surface area contributed by atoms with Crippen LogP contribution in [0.2, 0.25) is 0 Å². The topological polar surface area (TPSA) is 83.6 Å². The summed E-state index contributed by atoms with van der Waals surface area (Å²) in [4.78, 5) is 33.2. The fourth-order valence-electron chi connectivity index (χ4n) is 2.94. The first-order valence-electron chi connectivity index (χ1n) is 9.28. The van der Waals surface area contributed by atoms with Crippen molar-refractivity contribution in [2.75, 3.05) is 31.2 Å². The minimum Gasteiger partial charge on any atom is -0.378 e. The van der Waals surface area contributed by atoms with Gasteiger partial charge in [-0.1, -0.05) is 23.5 Å². The zero-order chi connectivity index (χ0) is 21.1. The van der Waals surface area contributed by atoms with E-state index in [0.717, 1.165) is 28.7 Å². The van der Waals surface area contributed by atoms with Crippen molar-refractivity contribution in [3.05, 3.63) is 57.7 Å². The van der Waals surface area contributed by atoms with E-state index in [9.17, 15) is 14.0 Å². The van der Waals surface area contributed by atoms with Gasteiger partial charge >= 0.3 is 0 Å². The summed E-state index contributed by atoms with van der Waals surface area (Å²) in [5.41, 5.74) is 6.33. The van der Waals surface area contributed by atoms with E-state index in [4.69, 9.17) is 4.74 Å². The number of carbonyl (C=O) groups is 2. The smallest absolute Gasteiger partial charge is 0.281 e. The molecule has 1 fully saturated rings. The van der Waals surface area contributed by atoms with Crippen molar-refractivity contribution < 1.29 is 18.7 Å². The number of halogens is 1. The van der Waals surface area contributed by atoms with Crippen LogP contribution >= 0.6 is 22.7 Å². The Bertz CT molecular complexity index is 1060. The number of thiophene rings is 1. The van der Waals surface area contributed by atoms with E-state index in [0.29, 0.717) is 28.7 Å². The van der Waals surface area contributed by atoms with E-state index in [2.05, 4.69) is 20.7 Å². The Morgan fingerprint density at radius 3 is 2.47 bits per heavy atom. The van der Waals surface area contributed by atoms with Crippen LogP contribution in [0.1, 0.15) is 25.0 Å². The molecule has 2 aromatic heterocycles. The second kappa shape index (κ2) is 8.90. The van der Waals surface area contributed by atoms with Crippen LogP contribution in [0.15, 0.2) is 36.4 Å². The molecule has 2 N–H and O–H groups in total. The third kappa shape index (κ3) is 4.50. The zero-order valence-electron chi connectivity index (χ0n) is 16.1. The molecule has 4 rings (SSSR count). The standard InChI is InChI=1S/C20H19FN4O3S2/c1-12-17(30-20(22-12)25-8-10-28-11-9-25)19(27)24-23-18(26)16-7-6-15(29-16)13-2-4-14(21)5-3-13/h2-7H,8-11H2,1H3,(H,23,26)(H,24,27). The Morgan fingerprint density at radius 1 is 1.03 bits per heavy atom. The third-order valence-electron chi connectivity index (χ3n) is 4.52. The van der Waals surface area contributed by atoms with Gasteiger partial charge in [-0.2, -0.15) is 0 Å². The van der Waals surface area contributed by atoms with Gasteiger partial charge in [0, 0.05) is 18.0 Å². The van der Waals surface area contributed by atoms with E-state index in [-0.39, 0.29) is 5.82 Å². The summed E-state index contributed by atoms with van der Waals surface area (Å²) in [5, 5.41) is 0.773. The first kappa shape index (κ1) is 20.5. The largest absolute Gasteiger partial charge is 0.378 e. The van der Waals surface area contributed by atoms with Crippen molar-refractivity contribution in [2.45, 2.75) is 6.92 Å². The predicted octanol–water partition coefficient (Wildman–Crippen LogP) is 3.23. The van der Waals surface area contributed by atoms with Gasteiger partial charge in [-0.15, -0.1) is 11.3 Å². The fourth-order valence-corrected chi connectivity index (χ4v) is 4.86. The summed E-state index contributed by atoms with van der Waals surface area (Å²) in [6, 6.07) is 9.51. The Kier molecular flexibility index (Phi) is 6.07. The molecule has 3 aromatic rings. The Morgan fingerprint density at radius 2 is 1.73 bits per heavy atom. The molecule has 0 saturated carbocycles. The number of hydrogen-bond donors (Lipinski definition) is 2. The second-order valence-corrected chi connectivity index (χ2v) is 8.65. The van der Waals surface area contributed by atoms with Gasteiger partial charge in [0.1, 0.15) is 10.7 Å². The summed E-state index contributed by atoms with van der Waals surface area (Å²) in [7, 11) is 0. The Balaban J connectivity index is 1.37. The van der Waals surface area contributed by atoms with E-state index in [1.807, 2.05) is 0 Å². The number of rotatable bonds is 4. The van der Waals surface area contributed by atoms with Gasteiger partial charge in [0.25, 0.3) is 11.8 Å². The van der Waals surface area contributed by atoms with Gasteiger partial charge in [-0.05, 0) is 36.8 Å². The van der Waals surface area contributed by atoms with Crippen LogP contribution in [0, 0.1) is 12.7 Å². The van der Waals surface area contributed by atoms with Gasteiger partial charge in [-0.25, -0.2) is 9.37 Å². The molecule has 156 valence electrons. The molecule has 30 heavy (non-hydrogen) atoms. The average Bonchev–Trinajstić information content (AvgIpc) is 3.40. The molecule has 7 nitrogen and oxygen atoms in total. The van der Waals surface area contributed by atoms with Crippen molar-refractivity contribution in [1.29, 1.82) is 0 Å². The molecule has 3 heterocycles. The number of carbonyl (C=O) groups excluding carboxylic acids is 2. The van der Waals surface area contributed by atoms with Crippen LogP contribution in [0.3, 0.4) is 0 Å². The Hall–Kier alpha value is -2.82. The number of hydrogen-bond acceptors (Lipinski definition) is 7. The van der Waals surface area contributed by atoms with Gasteiger partial charge < -0.3 is 9.64 Å². The number of nitrogens with one attached hydrogen (secondary N) is 2. The van der Waals surface area contributed by atoms with Gasteiger partial charge in [0.15, 0.2) is 5.13 Å². The molecular formula is C20H19FN4O3S2. The van der Waals surface area contributed by atoms with E-state index in [1.54, 1.807) is 31.2 Å². The fraction of sp³-hybridized carbons (Fsp3) is 0.250. The maximum atomic E-state index is 13.1. The lowest BCUT2D eigenvalue weighted by Crippen LogP contribution is -2.41. The summed E-state index contributed by atoms with van der Waals surface area (Å²) in [5.74, 6) is -1.14. The first-order chi connectivity index (χ1) is 14.5. The zero-order valence-corrected chi connectivity index (χ0v) is 17.7. The van der Waals surface area contributed by atoms with Crippen molar-refractivity contribution in [1.82, 2.24) is 15.8 Å². The number of benzene rings is 1. The number of ether oxygens (including phenoxy) is 1. The molecule has 0 aliphatic carbocycles. The van der Waals surface area contributed by atoms with Crippen LogP contribution in [-0.4, -0.2) is 43.1 Å². The molecule has 2 amide bonds. The van der Waals surface area contributed by atoms with E-state index < -0.39 is 11.8 Å². The number of morpholine rings is 1. The molecular weight excluding hydrogens is 427 g/mol. The van der Waals surface area contributed by atoms with Crippen molar-refractivity contribution in [3.8, 4) is 10.4 Å². The lowest BCUT2D eigenvalue weighted by molar-refractivity contribution is 0.0850. The quantitative estimate of drug-likeness (QED) is 0.602. The third-order valence-corrected chi connectivity index (χ3v) is 6.87. The number of thiazole rings is 1. The van der Waals surface area contributed by atoms with Gasteiger partial charge in [-0.3, -0.25) is 20.4 Å². The van der Waals surface area contributed by atoms with Crippen molar-refractivity contribution in [2.24, 2.45) is 0 Å². The van der Waals surface area contributed by atoms with Gasteiger partial charge in [0.2, 0.25) is 0 Å². The van der Waals surface area contributed by atoms with Crippen LogP contribution in [-0.2, 0) is 4.74 Å². The highest BCUT2D eigenvalue weighted by atomic mass is 32.1. The lowest BCUT2D eigenvalue weighted by Gasteiger charge is -2.25. The van der Waals surface area contributed by atoms with E-state index in [1.165, 1.54) is 34.8 Å². The highest BCUT2D eigenvalue weighted by Crippen LogP contribution is 2.28. The highest BCUT2D eigenvalue weighted by Gasteiger charge is 2.21. The minimum atomic E-state index is -0.419. The monoisotopic (exact) mass is 446 g/mol. The molecule has 0 atom stereocenters. The van der Waals surface area contributed by atoms with Gasteiger partial charge in [0.05, 0.1) is 23.8 Å². The molecule has 1 aliphatic heterocycles. The predicted molar refractivity (Wildman–Crippen MR) is 115 cm³/mol. The van der Waals surface area contributed by atoms with Crippen molar-refractivity contribution in [3.63, 3.8) is 0 Å². The molecule has 0 radical (unpaired) electrons. The first-order valence-corrected chi connectivity index (χ1v) is 10.9. The summed E-state index contributed by atoms with van der Waals surface area (Å²) >= 11 is 2.55. The summed E-state index contributed by atoms with van der Waals surface area (Å²) in [6.07, 6.45) is 0. The molecule has 10 heteroatoms. The highest BCUT2D eigenvalue weighted by molar-refractivity contribution is 7.18. The SMILES string of the molecule is Cc1nc(N2CCOCC2)sc1C(=O)NNC(=O)c1ccc(-c2ccc(F)cc2)s1. The minimum absolute atomic E-state index is 0.314. The number of hydrazine groups is 1. The molecule has 0 bridgehead atoms. The normalized spacial score (nSPS) is 13.9. The van der Waals surface area contributed by atoms with E-state index >= 15 is 0 Å². The lowest BCUT2D eigenvalue weighted by atomic mass is 10.2. The van der Waals surface area contributed by atoms with Crippen LogP contribution < -0.4 is 15.8 Å². The molecule has 1 saturated heterocycles. The average molecular weight is 447 g/mol. The van der Waals surface area contributed by atoms with Crippen LogP contribution in [0.4, 0.5) is 9.52 Å². The Labute approximate surface area is 180 Å². The molecule has 0 unspecified atom stereocenters. The van der Waals surface area contributed by atoms with Crippen LogP contribution in [0.25, 0.3) is 10.4 Å². The van der Waals surface area contributed by atoms with Crippen molar-refractivity contribution >= 4 is 39.6 Å². The molecule has 1 aliphatic rings. The number of anilines is 1.